The van der Waals surface area contributed by atoms with E-state index in [1.807, 2.05) is 43.3 Å². The van der Waals surface area contributed by atoms with Crippen LogP contribution in [0.4, 0.5) is 11.4 Å². The third-order valence-electron chi connectivity index (χ3n) is 3.59. The van der Waals surface area contributed by atoms with E-state index in [1.54, 1.807) is 18.2 Å². The van der Waals surface area contributed by atoms with Gasteiger partial charge in [-0.05, 0) is 35.6 Å². The molecule has 0 fully saturated rings. The molecular formula is C18H16CuN2O2. The zero-order valence-corrected chi connectivity index (χ0v) is 13.4. The van der Waals surface area contributed by atoms with E-state index < -0.39 is 0 Å². The Labute approximate surface area is 145 Å². The second kappa shape index (κ2) is 7.27. The summed E-state index contributed by atoms with van der Waals surface area (Å²) in [5, 5.41) is 30.0. The molecule has 3 aromatic rings. The minimum atomic E-state index is 0. The number of hydrogen-bond donors (Lipinski definition) is 2. The number of rotatable bonds is 3. The van der Waals surface area contributed by atoms with Gasteiger partial charge in [-0.15, -0.1) is 10.2 Å². The number of nitrogens with zero attached hydrogens (tertiary/aromatic N) is 2. The van der Waals surface area contributed by atoms with Gasteiger partial charge in [0.2, 0.25) is 0 Å². The molecule has 0 heterocycles. The van der Waals surface area contributed by atoms with Crippen LogP contribution >= 0.6 is 0 Å². The Balaban J connectivity index is 0.00000192. The number of phenolic OH excluding ortho intramolecular Hbond substituents is 2. The molecule has 23 heavy (non-hydrogen) atoms. The van der Waals surface area contributed by atoms with E-state index in [0.717, 1.165) is 22.8 Å². The molecule has 0 saturated carbocycles. The Kier molecular flexibility index (Phi) is 5.37. The van der Waals surface area contributed by atoms with Crippen LogP contribution in [0.25, 0.3) is 10.8 Å². The first-order chi connectivity index (χ1) is 10.7. The molecule has 3 aromatic carbocycles. The maximum atomic E-state index is 10.0. The molecule has 0 aromatic heterocycles. The summed E-state index contributed by atoms with van der Waals surface area (Å²) < 4.78 is 0. The number of fused-ring (bicyclic) bond motifs is 1. The number of hydrogen-bond acceptors (Lipinski definition) is 4. The van der Waals surface area contributed by atoms with Gasteiger partial charge in [0, 0.05) is 22.5 Å². The van der Waals surface area contributed by atoms with Gasteiger partial charge in [-0.1, -0.05) is 43.3 Å². The summed E-state index contributed by atoms with van der Waals surface area (Å²) in [7, 11) is 0. The summed E-state index contributed by atoms with van der Waals surface area (Å²) in [4.78, 5) is 0. The number of azo groups is 1. The van der Waals surface area contributed by atoms with Crippen LogP contribution in [0.2, 0.25) is 0 Å². The van der Waals surface area contributed by atoms with Crippen LogP contribution in [0, 0.1) is 0 Å². The van der Waals surface area contributed by atoms with E-state index in [4.69, 9.17) is 0 Å². The number of benzene rings is 3. The van der Waals surface area contributed by atoms with Crippen molar-refractivity contribution in [1.29, 1.82) is 0 Å². The summed E-state index contributed by atoms with van der Waals surface area (Å²) in [6, 6.07) is 16.4. The van der Waals surface area contributed by atoms with Crippen molar-refractivity contribution < 1.29 is 27.3 Å². The minimum absolute atomic E-state index is 0. The quantitative estimate of drug-likeness (QED) is 0.499. The Morgan fingerprint density at radius 1 is 0.870 bits per heavy atom. The molecule has 0 aliphatic carbocycles. The van der Waals surface area contributed by atoms with Crippen molar-refractivity contribution in [3.8, 4) is 11.5 Å². The summed E-state index contributed by atoms with van der Waals surface area (Å²) in [6.45, 7) is 2.02. The summed E-state index contributed by atoms with van der Waals surface area (Å²) in [5.41, 5.74) is 1.81. The molecule has 0 aliphatic heterocycles. The molecule has 0 spiro atoms. The topological polar surface area (TPSA) is 65.2 Å². The average Bonchev–Trinajstić information content (AvgIpc) is 2.55. The van der Waals surface area contributed by atoms with Gasteiger partial charge in [-0.2, -0.15) is 0 Å². The Morgan fingerprint density at radius 3 is 2.39 bits per heavy atom. The van der Waals surface area contributed by atoms with Crippen LogP contribution in [-0.4, -0.2) is 10.2 Å². The molecule has 4 nitrogen and oxygen atoms in total. The molecule has 1 radical (unpaired) electrons. The Bertz CT molecular complexity index is 863. The van der Waals surface area contributed by atoms with E-state index in [9.17, 15) is 10.2 Å². The predicted octanol–water partition coefficient (Wildman–Crippen LogP) is 5.23. The zero-order valence-electron chi connectivity index (χ0n) is 12.5. The molecule has 0 aliphatic rings. The maximum absolute atomic E-state index is 10.0. The Hall–Kier alpha value is -2.36. The molecule has 2 N–H and O–H groups in total. The van der Waals surface area contributed by atoms with Crippen molar-refractivity contribution in [1.82, 2.24) is 0 Å². The predicted molar refractivity (Wildman–Crippen MR) is 87.3 cm³/mol. The van der Waals surface area contributed by atoms with Gasteiger partial charge in [0.05, 0.1) is 0 Å². The van der Waals surface area contributed by atoms with Crippen LogP contribution < -0.4 is 0 Å². The van der Waals surface area contributed by atoms with Crippen LogP contribution in [0.1, 0.15) is 12.5 Å². The smallest absolute Gasteiger partial charge is 0.143 e. The van der Waals surface area contributed by atoms with Crippen LogP contribution in [-0.2, 0) is 23.5 Å². The van der Waals surface area contributed by atoms with Gasteiger partial charge in [0.25, 0.3) is 0 Å². The third-order valence-corrected chi connectivity index (χ3v) is 3.59. The zero-order chi connectivity index (χ0) is 15.5. The number of phenols is 2. The van der Waals surface area contributed by atoms with E-state index >= 15 is 0 Å². The largest absolute Gasteiger partial charge is 0.506 e. The second-order valence-electron chi connectivity index (χ2n) is 5.03. The van der Waals surface area contributed by atoms with Gasteiger partial charge in [0.15, 0.2) is 0 Å². The van der Waals surface area contributed by atoms with Gasteiger partial charge < -0.3 is 10.2 Å². The Morgan fingerprint density at radius 2 is 1.65 bits per heavy atom. The van der Waals surface area contributed by atoms with E-state index in [1.165, 1.54) is 0 Å². The third kappa shape index (κ3) is 3.52. The molecule has 0 bridgehead atoms. The first-order valence-electron chi connectivity index (χ1n) is 7.13. The first kappa shape index (κ1) is 17.0. The summed E-state index contributed by atoms with van der Waals surface area (Å²) >= 11 is 0. The average molecular weight is 356 g/mol. The van der Waals surface area contributed by atoms with Crippen molar-refractivity contribution in [3.63, 3.8) is 0 Å². The van der Waals surface area contributed by atoms with Crippen LogP contribution in [0.15, 0.2) is 64.8 Å². The van der Waals surface area contributed by atoms with E-state index in [0.29, 0.717) is 11.4 Å². The van der Waals surface area contributed by atoms with Crippen LogP contribution in [0.5, 0.6) is 11.5 Å². The SMILES string of the molecule is CCc1ccc(N=Nc2c(O)ccc3ccccc23)c(O)c1.[Cu]. The molecule has 3 rings (SSSR count). The van der Waals surface area contributed by atoms with E-state index in [-0.39, 0.29) is 28.6 Å². The molecule has 0 unspecified atom stereocenters. The van der Waals surface area contributed by atoms with Crippen molar-refractivity contribution in [2.75, 3.05) is 0 Å². The first-order valence-corrected chi connectivity index (χ1v) is 7.13. The number of aryl methyl sites for hydroxylation is 1. The fraction of sp³-hybridized carbons (Fsp3) is 0.111. The molecule has 0 saturated heterocycles. The van der Waals surface area contributed by atoms with E-state index in [2.05, 4.69) is 10.2 Å². The monoisotopic (exact) mass is 355 g/mol. The minimum Gasteiger partial charge on any atom is -0.506 e. The van der Waals surface area contributed by atoms with Gasteiger partial charge in [-0.25, -0.2) is 0 Å². The molecule has 0 amide bonds. The fourth-order valence-corrected chi connectivity index (χ4v) is 2.33. The van der Waals surface area contributed by atoms with Gasteiger partial charge in [0.1, 0.15) is 22.9 Å². The molecule has 5 heteroatoms. The standard InChI is InChI=1S/C18H16N2O2.Cu/c1-2-12-7-9-15(17(22)11-12)19-20-18-14-6-4-3-5-13(14)8-10-16(18)21;/h3-11,21-22H,2H2,1H3;. The van der Waals surface area contributed by atoms with Gasteiger partial charge >= 0.3 is 0 Å². The van der Waals surface area contributed by atoms with Crippen LogP contribution in [0.3, 0.4) is 0 Å². The van der Waals surface area contributed by atoms with Crippen molar-refractivity contribution in [2.24, 2.45) is 10.2 Å². The molecule has 0 atom stereocenters. The van der Waals surface area contributed by atoms with Crippen molar-refractivity contribution >= 4 is 22.1 Å². The molecular weight excluding hydrogens is 340 g/mol. The summed E-state index contributed by atoms with van der Waals surface area (Å²) in [6.07, 6.45) is 0.842. The maximum Gasteiger partial charge on any atom is 0.143 e. The number of aromatic hydroxyl groups is 2. The van der Waals surface area contributed by atoms with Gasteiger partial charge in [-0.3, -0.25) is 0 Å². The fourth-order valence-electron chi connectivity index (χ4n) is 2.33. The summed E-state index contributed by atoms with van der Waals surface area (Å²) in [5.74, 6) is 0.148. The molecule has 121 valence electrons. The van der Waals surface area contributed by atoms with Crippen molar-refractivity contribution in [3.05, 3.63) is 60.2 Å². The normalized spacial score (nSPS) is 10.8. The van der Waals surface area contributed by atoms with Crippen molar-refractivity contribution in [2.45, 2.75) is 13.3 Å². The second-order valence-corrected chi connectivity index (χ2v) is 5.03.